The fourth-order valence-electron chi connectivity index (χ4n) is 2.64. The van der Waals surface area contributed by atoms with Crippen LogP contribution in [0.15, 0.2) is 65.1 Å². The summed E-state index contributed by atoms with van der Waals surface area (Å²) in [6.45, 7) is 0.0630. The Morgan fingerprint density at radius 2 is 1.78 bits per heavy atom. The molecular weight excluding hydrogens is 348 g/mol. The van der Waals surface area contributed by atoms with Crippen LogP contribution >= 0.6 is 0 Å². The quantitative estimate of drug-likeness (QED) is 0.550. The second kappa shape index (κ2) is 7.25. The number of para-hydroxylation sites is 3. The molecule has 3 aromatic rings. The van der Waals surface area contributed by atoms with E-state index in [1.54, 1.807) is 18.2 Å². The zero-order chi connectivity index (χ0) is 18.6. The number of benzene rings is 2. The Bertz CT molecular complexity index is 991. The van der Waals surface area contributed by atoms with Crippen LogP contribution in [0.1, 0.15) is 5.76 Å². The van der Waals surface area contributed by atoms with E-state index in [4.69, 9.17) is 13.9 Å². The molecule has 0 saturated carbocycles. The maximum atomic E-state index is 12.1. The van der Waals surface area contributed by atoms with Gasteiger partial charge in [-0.1, -0.05) is 30.3 Å². The van der Waals surface area contributed by atoms with Crippen LogP contribution in [0.2, 0.25) is 0 Å². The number of rotatable bonds is 3. The van der Waals surface area contributed by atoms with Gasteiger partial charge in [0.25, 0.3) is 11.8 Å². The molecule has 2 N–H and O–H groups in total. The third kappa shape index (κ3) is 3.77. The molecule has 4 rings (SSSR count). The van der Waals surface area contributed by atoms with Gasteiger partial charge in [-0.2, -0.15) is 0 Å². The van der Waals surface area contributed by atoms with Crippen LogP contribution in [0, 0.1) is 0 Å². The van der Waals surface area contributed by atoms with Crippen molar-refractivity contribution in [3.8, 4) is 11.5 Å². The van der Waals surface area contributed by atoms with Crippen molar-refractivity contribution >= 4 is 28.9 Å². The number of nitrogens with one attached hydrogen (secondary N) is 2. The number of hydrazine groups is 1. The molecule has 2 heterocycles. The second-order valence-electron chi connectivity index (χ2n) is 5.86. The lowest BCUT2D eigenvalue weighted by atomic mass is 10.2. The number of hydrogen-bond acceptors (Lipinski definition) is 5. The highest BCUT2D eigenvalue weighted by molar-refractivity contribution is 5.94. The van der Waals surface area contributed by atoms with Gasteiger partial charge in [0.05, 0.1) is 0 Å². The Kier molecular flexibility index (Phi) is 4.49. The minimum atomic E-state index is -0.848. The normalized spacial score (nSPS) is 15.6. The van der Waals surface area contributed by atoms with E-state index in [0.29, 0.717) is 17.3 Å². The predicted molar refractivity (Wildman–Crippen MR) is 97.9 cm³/mol. The number of ether oxygens (including phenoxy) is 2. The van der Waals surface area contributed by atoms with Gasteiger partial charge in [0.2, 0.25) is 6.10 Å². The standard InChI is InChI=1S/C20H16N2O5/c23-19(10-9-14-11-13-5-1-2-6-15(13)26-14)21-22-20(24)18-12-25-16-7-3-4-8-17(16)27-18/h1-11,18H,12H2,(H,21,23)(H,22,24)/b10-9+. The highest BCUT2D eigenvalue weighted by Gasteiger charge is 2.27. The topological polar surface area (TPSA) is 89.8 Å². The van der Waals surface area contributed by atoms with Gasteiger partial charge in [-0.25, -0.2) is 0 Å². The number of fused-ring (bicyclic) bond motifs is 2. The van der Waals surface area contributed by atoms with E-state index in [1.165, 1.54) is 12.2 Å². The fourth-order valence-corrected chi connectivity index (χ4v) is 2.64. The summed E-state index contributed by atoms with van der Waals surface area (Å²) in [7, 11) is 0. The highest BCUT2D eigenvalue weighted by Crippen LogP contribution is 2.30. The van der Waals surface area contributed by atoms with E-state index in [9.17, 15) is 9.59 Å². The Hall–Kier alpha value is -3.74. The third-order valence-corrected chi connectivity index (χ3v) is 3.95. The minimum absolute atomic E-state index is 0.0630. The van der Waals surface area contributed by atoms with Crippen LogP contribution in [0.3, 0.4) is 0 Å². The summed E-state index contributed by atoms with van der Waals surface area (Å²) in [5, 5.41) is 0.945. The molecule has 0 radical (unpaired) electrons. The first-order chi connectivity index (χ1) is 13.2. The van der Waals surface area contributed by atoms with Crippen molar-refractivity contribution in [3.05, 3.63) is 66.4 Å². The zero-order valence-electron chi connectivity index (χ0n) is 14.2. The Labute approximate surface area is 154 Å². The number of carbonyl (C=O) groups is 2. The van der Waals surface area contributed by atoms with Gasteiger partial charge < -0.3 is 13.9 Å². The van der Waals surface area contributed by atoms with E-state index in [1.807, 2.05) is 36.4 Å². The molecule has 2 aromatic carbocycles. The van der Waals surface area contributed by atoms with Crippen molar-refractivity contribution < 1.29 is 23.5 Å². The van der Waals surface area contributed by atoms with Crippen molar-refractivity contribution in [2.24, 2.45) is 0 Å². The first kappa shape index (κ1) is 16.7. The van der Waals surface area contributed by atoms with Crippen molar-refractivity contribution in [2.45, 2.75) is 6.10 Å². The van der Waals surface area contributed by atoms with Gasteiger partial charge in [0.15, 0.2) is 11.5 Å². The summed E-state index contributed by atoms with van der Waals surface area (Å²) in [6, 6.07) is 16.4. The van der Waals surface area contributed by atoms with Gasteiger partial charge >= 0.3 is 0 Å². The van der Waals surface area contributed by atoms with Crippen molar-refractivity contribution in [1.29, 1.82) is 0 Å². The maximum absolute atomic E-state index is 12.1. The molecule has 7 nitrogen and oxygen atoms in total. The van der Waals surface area contributed by atoms with Gasteiger partial charge in [0, 0.05) is 11.5 Å². The van der Waals surface area contributed by atoms with Crippen LogP contribution in [0.4, 0.5) is 0 Å². The maximum Gasteiger partial charge on any atom is 0.283 e. The fraction of sp³-hybridized carbons (Fsp3) is 0.100. The average Bonchev–Trinajstić information content (AvgIpc) is 3.13. The monoisotopic (exact) mass is 364 g/mol. The molecule has 27 heavy (non-hydrogen) atoms. The lowest BCUT2D eigenvalue weighted by Crippen LogP contribution is -2.50. The summed E-state index contributed by atoms with van der Waals surface area (Å²) in [6.07, 6.45) is 1.95. The molecule has 0 fully saturated rings. The zero-order valence-corrected chi connectivity index (χ0v) is 14.2. The van der Waals surface area contributed by atoms with E-state index >= 15 is 0 Å². The summed E-state index contributed by atoms with van der Waals surface area (Å²) in [5.74, 6) is 0.605. The summed E-state index contributed by atoms with van der Waals surface area (Å²) in [4.78, 5) is 24.0. The van der Waals surface area contributed by atoms with E-state index in [-0.39, 0.29) is 6.61 Å². The average molecular weight is 364 g/mol. The largest absolute Gasteiger partial charge is 0.485 e. The lowest BCUT2D eigenvalue weighted by molar-refractivity contribution is -0.134. The Balaban J connectivity index is 1.30. The Morgan fingerprint density at radius 3 is 2.63 bits per heavy atom. The van der Waals surface area contributed by atoms with Gasteiger partial charge in [-0.05, 0) is 30.3 Å². The molecule has 2 amide bonds. The Morgan fingerprint density at radius 1 is 1.00 bits per heavy atom. The van der Waals surface area contributed by atoms with Crippen molar-refractivity contribution in [1.82, 2.24) is 10.9 Å². The van der Waals surface area contributed by atoms with E-state index < -0.39 is 17.9 Å². The molecule has 136 valence electrons. The van der Waals surface area contributed by atoms with E-state index in [2.05, 4.69) is 10.9 Å². The molecule has 0 saturated heterocycles. The van der Waals surface area contributed by atoms with Crippen LogP contribution in [-0.4, -0.2) is 24.5 Å². The third-order valence-electron chi connectivity index (χ3n) is 3.95. The molecule has 0 bridgehead atoms. The van der Waals surface area contributed by atoms with Crippen LogP contribution in [0.25, 0.3) is 17.0 Å². The minimum Gasteiger partial charge on any atom is -0.485 e. The molecule has 0 aliphatic carbocycles. The van der Waals surface area contributed by atoms with Gasteiger partial charge in [-0.3, -0.25) is 20.4 Å². The van der Waals surface area contributed by atoms with Gasteiger partial charge in [-0.15, -0.1) is 0 Å². The molecule has 1 aliphatic heterocycles. The van der Waals surface area contributed by atoms with E-state index in [0.717, 1.165) is 11.0 Å². The summed E-state index contributed by atoms with van der Waals surface area (Å²) >= 11 is 0. The number of hydrogen-bond donors (Lipinski definition) is 2. The molecule has 0 spiro atoms. The van der Waals surface area contributed by atoms with Crippen molar-refractivity contribution in [3.63, 3.8) is 0 Å². The number of carbonyl (C=O) groups excluding carboxylic acids is 2. The number of amides is 2. The van der Waals surface area contributed by atoms with Crippen LogP contribution in [0.5, 0.6) is 11.5 Å². The van der Waals surface area contributed by atoms with Crippen LogP contribution in [-0.2, 0) is 9.59 Å². The molecule has 1 aromatic heterocycles. The van der Waals surface area contributed by atoms with Gasteiger partial charge in [0.1, 0.15) is 18.0 Å². The first-order valence-corrected chi connectivity index (χ1v) is 8.34. The second-order valence-corrected chi connectivity index (χ2v) is 5.86. The first-order valence-electron chi connectivity index (χ1n) is 8.34. The van der Waals surface area contributed by atoms with Crippen molar-refractivity contribution in [2.75, 3.05) is 6.61 Å². The SMILES string of the molecule is O=C(/C=C/c1cc2ccccc2o1)NNC(=O)C1COc2ccccc2O1. The van der Waals surface area contributed by atoms with Crippen LogP contribution < -0.4 is 20.3 Å². The highest BCUT2D eigenvalue weighted by atomic mass is 16.6. The molecule has 1 aliphatic rings. The molecule has 1 atom stereocenters. The summed E-state index contributed by atoms with van der Waals surface area (Å²) < 4.78 is 16.6. The smallest absolute Gasteiger partial charge is 0.283 e. The summed E-state index contributed by atoms with van der Waals surface area (Å²) in [5.41, 5.74) is 5.36. The lowest BCUT2D eigenvalue weighted by Gasteiger charge is -2.25. The molecule has 7 heteroatoms. The predicted octanol–water partition coefficient (Wildman–Crippen LogP) is 2.43. The number of furan rings is 1. The molecule has 1 unspecified atom stereocenters. The molecular formula is C20H16N2O5.